The van der Waals surface area contributed by atoms with Gasteiger partial charge in [-0.25, -0.2) is 0 Å². The molecule has 3 atom stereocenters. The fraction of sp³-hybridized carbons (Fsp3) is 0.667. The van der Waals surface area contributed by atoms with Crippen LogP contribution in [0.2, 0.25) is 0 Å². The Morgan fingerprint density at radius 3 is 2.50 bits per heavy atom. The highest BCUT2D eigenvalue weighted by atomic mass is 16.3. The number of aliphatic hydroxyl groups is 1. The predicted molar refractivity (Wildman–Crippen MR) is 71.2 cm³/mol. The van der Waals surface area contributed by atoms with Crippen molar-refractivity contribution in [1.82, 2.24) is 9.88 Å². The maximum Gasteiger partial charge on any atom is 0.0834 e. The number of rotatable bonds is 2. The van der Waals surface area contributed by atoms with Gasteiger partial charge in [0, 0.05) is 24.0 Å². The molecule has 2 saturated heterocycles. The Balaban J connectivity index is 1.74. The Hall–Kier alpha value is -0.930. The zero-order chi connectivity index (χ0) is 12.7. The summed E-state index contributed by atoms with van der Waals surface area (Å²) in [4.78, 5) is 6.80. The number of fused-ring (bicyclic) bond motifs is 2. The third-order valence-electron chi connectivity index (χ3n) is 4.86. The number of aliphatic hydroxyl groups excluding tert-OH is 1. The Morgan fingerprint density at radius 1 is 1.28 bits per heavy atom. The lowest BCUT2D eigenvalue weighted by Gasteiger charge is -2.38. The molecular formula is C15H22N2O. The van der Waals surface area contributed by atoms with Gasteiger partial charge in [0.1, 0.15) is 0 Å². The van der Waals surface area contributed by atoms with E-state index in [2.05, 4.69) is 16.9 Å². The summed E-state index contributed by atoms with van der Waals surface area (Å²) >= 11 is 0. The molecule has 3 rings (SSSR count). The van der Waals surface area contributed by atoms with E-state index in [0.29, 0.717) is 18.0 Å². The first-order chi connectivity index (χ1) is 8.65. The minimum Gasteiger partial charge on any atom is -0.388 e. The smallest absolute Gasteiger partial charge is 0.0834 e. The molecule has 0 aromatic carbocycles. The van der Waals surface area contributed by atoms with Crippen LogP contribution < -0.4 is 0 Å². The first-order valence-corrected chi connectivity index (χ1v) is 6.97. The van der Waals surface area contributed by atoms with Gasteiger partial charge in [0.05, 0.1) is 6.10 Å². The van der Waals surface area contributed by atoms with E-state index in [1.807, 2.05) is 25.3 Å². The van der Waals surface area contributed by atoms with Crippen LogP contribution >= 0.6 is 0 Å². The van der Waals surface area contributed by atoms with Crippen LogP contribution in [0.25, 0.3) is 0 Å². The molecule has 1 aromatic rings. The summed E-state index contributed by atoms with van der Waals surface area (Å²) in [6, 6.07) is 5.37. The molecular weight excluding hydrogens is 224 g/mol. The van der Waals surface area contributed by atoms with E-state index in [-0.39, 0.29) is 6.10 Å². The Morgan fingerprint density at radius 2 is 1.94 bits per heavy atom. The number of nitrogens with zero attached hydrogens (tertiary/aromatic N) is 2. The maximum atomic E-state index is 10.5. The van der Waals surface area contributed by atoms with E-state index in [1.54, 1.807) is 0 Å². The molecule has 3 unspecified atom stereocenters. The van der Waals surface area contributed by atoms with Gasteiger partial charge in [0.25, 0.3) is 0 Å². The topological polar surface area (TPSA) is 36.4 Å². The van der Waals surface area contributed by atoms with Crippen molar-refractivity contribution in [1.29, 1.82) is 0 Å². The van der Waals surface area contributed by atoms with Gasteiger partial charge in [-0.15, -0.1) is 0 Å². The van der Waals surface area contributed by atoms with E-state index in [0.717, 1.165) is 24.1 Å². The van der Waals surface area contributed by atoms with Crippen molar-refractivity contribution in [2.45, 2.75) is 50.8 Å². The molecule has 0 aliphatic carbocycles. The van der Waals surface area contributed by atoms with Gasteiger partial charge in [-0.2, -0.15) is 0 Å². The summed E-state index contributed by atoms with van der Waals surface area (Å²) in [5, 5.41) is 10.5. The fourth-order valence-electron chi connectivity index (χ4n) is 3.64. The molecule has 18 heavy (non-hydrogen) atoms. The second-order valence-electron chi connectivity index (χ2n) is 5.96. The van der Waals surface area contributed by atoms with Crippen molar-refractivity contribution in [3.05, 3.63) is 29.6 Å². The van der Waals surface area contributed by atoms with Crippen LogP contribution in [-0.2, 0) is 0 Å². The van der Waals surface area contributed by atoms with Crippen LogP contribution in [0.5, 0.6) is 0 Å². The first-order valence-electron chi connectivity index (χ1n) is 6.97. The normalized spacial score (nSPS) is 33.6. The molecule has 2 aliphatic heterocycles. The maximum absolute atomic E-state index is 10.5. The molecule has 98 valence electrons. The molecule has 3 heterocycles. The van der Waals surface area contributed by atoms with Crippen molar-refractivity contribution < 1.29 is 5.11 Å². The van der Waals surface area contributed by atoms with Crippen LogP contribution in [0.4, 0.5) is 0 Å². The third-order valence-corrected chi connectivity index (χ3v) is 4.86. The molecule has 3 heteroatoms. The summed E-state index contributed by atoms with van der Waals surface area (Å²) in [5.41, 5.74) is 1.99. The molecule has 1 N–H and O–H groups in total. The summed E-state index contributed by atoms with van der Waals surface area (Å²) < 4.78 is 0. The number of pyridine rings is 1. The summed E-state index contributed by atoms with van der Waals surface area (Å²) in [6.45, 7) is 1.98. The van der Waals surface area contributed by atoms with Gasteiger partial charge < -0.3 is 10.0 Å². The van der Waals surface area contributed by atoms with Crippen molar-refractivity contribution in [3.8, 4) is 0 Å². The van der Waals surface area contributed by atoms with Crippen LogP contribution in [0, 0.1) is 12.8 Å². The van der Waals surface area contributed by atoms with Crippen LogP contribution in [0.3, 0.4) is 0 Å². The number of piperidine rings is 1. The van der Waals surface area contributed by atoms with Crippen molar-refractivity contribution in [3.63, 3.8) is 0 Å². The third kappa shape index (κ3) is 2.06. The molecule has 3 nitrogen and oxygen atoms in total. The molecule has 0 spiro atoms. The van der Waals surface area contributed by atoms with E-state index in [9.17, 15) is 5.11 Å². The summed E-state index contributed by atoms with van der Waals surface area (Å²) in [7, 11) is 2.23. The van der Waals surface area contributed by atoms with Gasteiger partial charge in [0.15, 0.2) is 0 Å². The monoisotopic (exact) mass is 246 g/mol. The summed E-state index contributed by atoms with van der Waals surface area (Å²) in [5.74, 6) is 0.406. The van der Waals surface area contributed by atoms with E-state index < -0.39 is 0 Å². The molecule has 0 radical (unpaired) electrons. The number of hydrogen-bond acceptors (Lipinski definition) is 3. The lowest BCUT2D eigenvalue weighted by Crippen LogP contribution is -2.41. The minimum absolute atomic E-state index is 0.338. The van der Waals surface area contributed by atoms with Crippen molar-refractivity contribution in [2.24, 2.45) is 5.92 Å². The van der Waals surface area contributed by atoms with E-state index in [4.69, 9.17) is 0 Å². The zero-order valence-corrected chi connectivity index (χ0v) is 11.2. The SMILES string of the molecule is Cc1ccc(C(O)C2CC3CCC(C2)N3C)cn1. The average molecular weight is 246 g/mol. The highest BCUT2D eigenvalue weighted by Crippen LogP contribution is 2.42. The van der Waals surface area contributed by atoms with Gasteiger partial charge in [0.2, 0.25) is 0 Å². The Kier molecular flexibility index (Phi) is 3.12. The van der Waals surface area contributed by atoms with Gasteiger partial charge in [-0.1, -0.05) is 6.07 Å². The molecule has 0 amide bonds. The minimum atomic E-state index is -0.338. The lowest BCUT2D eigenvalue weighted by molar-refractivity contribution is 0.0354. The molecule has 2 fully saturated rings. The predicted octanol–water partition coefficient (Wildman–Crippen LogP) is 2.30. The van der Waals surface area contributed by atoms with Gasteiger partial charge >= 0.3 is 0 Å². The van der Waals surface area contributed by atoms with Gasteiger partial charge in [-0.05, 0) is 57.2 Å². The molecule has 1 aromatic heterocycles. The standard InChI is InChI=1S/C15H22N2O/c1-10-3-4-11(9-16-10)15(18)12-7-13-5-6-14(8-12)17(13)2/h3-4,9,12-15,18H,5-8H2,1-2H3. The van der Waals surface area contributed by atoms with Crippen molar-refractivity contribution >= 4 is 0 Å². The Labute approximate surface area is 109 Å². The number of aromatic nitrogens is 1. The quantitative estimate of drug-likeness (QED) is 0.870. The summed E-state index contributed by atoms with van der Waals surface area (Å²) in [6.07, 6.45) is 6.35. The van der Waals surface area contributed by atoms with Crippen LogP contribution in [0.15, 0.2) is 18.3 Å². The highest BCUT2D eigenvalue weighted by Gasteiger charge is 2.40. The number of aryl methyl sites for hydroxylation is 1. The zero-order valence-electron chi connectivity index (χ0n) is 11.2. The van der Waals surface area contributed by atoms with Crippen LogP contribution in [-0.4, -0.2) is 34.1 Å². The number of hydrogen-bond donors (Lipinski definition) is 1. The van der Waals surface area contributed by atoms with Crippen molar-refractivity contribution in [2.75, 3.05) is 7.05 Å². The second-order valence-corrected chi connectivity index (χ2v) is 5.96. The fourth-order valence-corrected chi connectivity index (χ4v) is 3.64. The molecule has 2 aliphatic rings. The lowest BCUT2D eigenvalue weighted by atomic mass is 9.84. The van der Waals surface area contributed by atoms with E-state index in [1.165, 1.54) is 12.8 Å². The molecule has 0 saturated carbocycles. The van der Waals surface area contributed by atoms with Gasteiger partial charge in [-0.3, -0.25) is 4.98 Å². The Bertz CT molecular complexity index is 403. The first kappa shape index (κ1) is 12.1. The van der Waals surface area contributed by atoms with Crippen LogP contribution in [0.1, 0.15) is 43.0 Å². The van der Waals surface area contributed by atoms with E-state index >= 15 is 0 Å². The molecule has 2 bridgehead atoms. The largest absolute Gasteiger partial charge is 0.388 e. The average Bonchev–Trinajstić information content (AvgIpc) is 2.62. The second kappa shape index (κ2) is 4.63. The highest BCUT2D eigenvalue weighted by molar-refractivity contribution is 5.17.